The van der Waals surface area contributed by atoms with E-state index in [4.69, 9.17) is 4.74 Å². The Kier molecular flexibility index (Phi) is 8.26. The quantitative estimate of drug-likeness (QED) is 0.244. The highest BCUT2D eigenvalue weighted by Crippen LogP contribution is 2.32. The molecule has 0 saturated carbocycles. The number of hydrogen-bond donors (Lipinski definition) is 1. The highest BCUT2D eigenvalue weighted by molar-refractivity contribution is 5.93. The van der Waals surface area contributed by atoms with E-state index in [0.717, 1.165) is 48.3 Å². The van der Waals surface area contributed by atoms with Gasteiger partial charge in [0.15, 0.2) is 0 Å². The molecule has 0 unspecified atom stereocenters. The number of anilines is 2. The summed E-state index contributed by atoms with van der Waals surface area (Å²) in [6, 6.07) is 8.51. The molecule has 1 atom stereocenters. The molecule has 0 aromatic heterocycles. The van der Waals surface area contributed by atoms with Crippen molar-refractivity contribution in [2.75, 3.05) is 29.9 Å². The zero-order valence-electron chi connectivity index (χ0n) is 20.3. The first-order chi connectivity index (χ1) is 16.2. The van der Waals surface area contributed by atoms with Gasteiger partial charge in [0, 0.05) is 31.3 Å². The maximum absolute atomic E-state index is 12.5. The first-order valence-corrected chi connectivity index (χ1v) is 11.7. The molecule has 1 saturated heterocycles. The topological polar surface area (TPSA) is 102 Å². The summed E-state index contributed by atoms with van der Waals surface area (Å²) in [5.74, 6) is -0.317. The smallest absolute Gasteiger partial charge is 0.338 e. The van der Waals surface area contributed by atoms with Crippen molar-refractivity contribution < 1.29 is 19.2 Å². The average Bonchev–Trinajstić information content (AvgIpc) is 2.78. The van der Waals surface area contributed by atoms with Crippen molar-refractivity contribution >= 4 is 28.9 Å². The third kappa shape index (κ3) is 6.34. The van der Waals surface area contributed by atoms with E-state index in [1.54, 1.807) is 12.1 Å². The molecular weight excluding hydrogens is 434 g/mol. The minimum atomic E-state index is -0.632. The van der Waals surface area contributed by atoms with E-state index in [2.05, 4.69) is 12.2 Å². The van der Waals surface area contributed by atoms with Gasteiger partial charge in [0.05, 0.1) is 17.1 Å². The van der Waals surface area contributed by atoms with Gasteiger partial charge in [-0.25, -0.2) is 4.79 Å². The number of amides is 1. The Bertz CT molecular complexity index is 1060. The van der Waals surface area contributed by atoms with Crippen LogP contribution in [0.4, 0.5) is 17.1 Å². The molecule has 1 heterocycles. The summed E-state index contributed by atoms with van der Waals surface area (Å²) >= 11 is 0. The summed E-state index contributed by atoms with van der Waals surface area (Å²) < 4.78 is 5.27. The van der Waals surface area contributed by atoms with Crippen molar-refractivity contribution in [2.24, 2.45) is 5.92 Å². The molecule has 8 heteroatoms. The van der Waals surface area contributed by atoms with E-state index >= 15 is 0 Å². The summed E-state index contributed by atoms with van der Waals surface area (Å²) in [6.45, 7) is 9.62. The molecule has 2 aromatic carbocycles. The van der Waals surface area contributed by atoms with Gasteiger partial charge in [-0.05, 0) is 69.2 Å². The largest absolute Gasteiger partial charge is 0.462 e. The molecule has 0 bridgehead atoms. The Morgan fingerprint density at radius 1 is 1.18 bits per heavy atom. The minimum absolute atomic E-state index is 0.0529. The first kappa shape index (κ1) is 25.2. The number of esters is 1. The lowest BCUT2D eigenvalue weighted by Crippen LogP contribution is -2.34. The number of carbonyl (C=O) groups excluding carboxylic acids is 2. The fraction of sp³-hybridized carbons (Fsp3) is 0.462. The Morgan fingerprint density at radius 3 is 2.53 bits per heavy atom. The van der Waals surface area contributed by atoms with E-state index in [0.29, 0.717) is 18.0 Å². The monoisotopic (exact) mass is 467 g/mol. The van der Waals surface area contributed by atoms with E-state index in [1.807, 2.05) is 37.8 Å². The molecule has 3 rings (SSSR count). The van der Waals surface area contributed by atoms with Gasteiger partial charge in [-0.2, -0.15) is 0 Å². The Balaban J connectivity index is 1.54. The average molecular weight is 468 g/mol. The van der Waals surface area contributed by atoms with Gasteiger partial charge in [0.25, 0.3) is 5.69 Å². The SMILES string of the molecule is Cc1cc(C)c(NC(=O)CCCOC(=O)c2ccc(N3CCC[C@@H](C)C3)c([N+](=O)[O-])c2)c(C)c1. The van der Waals surface area contributed by atoms with Crippen LogP contribution in [-0.4, -0.2) is 36.5 Å². The van der Waals surface area contributed by atoms with Crippen LogP contribution in [0.2, 0.25) is 0 Å². The van der Waals surface area contributed by atoms with E-state index in [9.17, 15) is 19.7 Å². The van der Waals surface area contributed by atoms with Gasteiger partial charge in [-0.15, -0.1) is 0 Å². The van der Waals surface area contributed by atoms with Gasteiger partial charge in [-0.3, -0.25) is 14.9 Å². The predicted octanol–water partition coefficient (Wildman–Crippen LogP) is 5.33. The molecule has 182 valence electrons. The summed E-state index contributed by atoms with van der Waals surface area (Å²) in [4.78, 5) is 38.0. The van der Waals surface area contributed by atoms with Crippen molar-refractivity contribution in [3.05, 3.63) is 62.7 Å². The van der Waals surface area contributed by atoms with Crippen LogP contribution in [0.15, 0.2) is 30.3 Å². The third-order valence-corrected chi connectivity index (χ3v) is 6.13. The third-order valence-electron chi connectivity index (χ3n) is 6.13. The Hall–Kier alpha value is -3.42. The van der Waals surface area contributed by atoms with Gasteiger partial charge in [0.2, 0.25) is 5.91 Å². The van der Waals surface area contributed by atoms with Crippen molar-refractivity contribution in [1.82, 2.24) is 0 Å². The number of rotatable bonds is 8. The number of ether oxygens (including phenoxy) is 1. The number of piperidine rings is 1. The zero-order valence-corrected chi connectivity index (χ0v) is 20.3. The second-order valence-electron chi connectivity index (χ2n) is 9.22. The molecule has 0 spiro atoms. The number of nitrogens with zero attached hydrogens (tertiary/aromatic N) is 2. The molecule has 1 N–H and O–H groups in total. The molecule has 34 heavy (non-hydrogen) atoms. The second kappa shape index (κ2) is 11.1. The van der Waals surface area contributed by atoms with Crippen LogP contribution in [-0.2, 0) is 9.53 Å². The summed E-state index contributed by atoms with van der Waals surface area (Å²) in [5, 5.41) is 14.6. The van der Waals surface area contributed by atoms with Gasteiger partial charge < -0.3 is 15.0 Å². The van der Waals surface area contributed by atoms with Gasteiger partial charge in [0.1, 0.15) is 5.69 Å². The second-order valence-corrected chi connectivity index (χ2v) is 9.22. The van der Waals surface area contributed by atoms with Crippen molar-refractivity contribution in [2.45, 2.75) is 53.4 Å². The predicted molar refractivity (Wildman–Crippen MR) is 133 cm³/mol. The minimum Gasteiger partial charge on any atom is -0.462 e. The van der Waals surface area contributed by atoms with Crippen LogP contribution in [0.3, 0.4) is 0 Å². The van der Waals surface area contributed by atoms with Crippen molar-refractivity contribution in [3.63, 3.8) is 0 Å². The lowest BCUT2D eigenvalue weighted by molar-refractivity contribution is -0.384. The van der Waals surface area contributed by atoms with Crippen LogP contribution in [0.5, 0.6) is 0 Å². The number of aryl methyl sites for hydroxylation is 3. The number of nitro benzene ring substituents is 1. The van der Waals surface area contributed by atoms with Crippen LogP contribution in [0.1, 0.15) is 59.7 Å². The Morgan fingerprint density at radius 2 is 1.88 bits per heavy atom. The molecule has 1 aliphatic heterocycles. The van der Waals surface area contributed by atoms with E-state index < -0.39 is 10.9 Å². The van der Waals surface area contributed by atoms with E-state index in [-0.39, 0.29) is 30.2 Å². The number of benzene rings is 2. The molecule has 0 aliphatic carbocycles. The fourth-order valence-electron chi connectivity index (χ4n) is 4.53. The highest BCUT2D eigenvalue weighted by atomic mass is 16.6. The summed E-state index contributed by atoms with van der Waals surface area (Å²) in [7, 11) is 0. The standard InChI is InChI=1S/C26H33N3O5/c1-17-7-5-11-28(16-17)22-10-9-21(15-23(22)29(32)33)26(31)34-12-6-8-24(30)27-25-19(3)13-18(2)14-20(25)4/h9-10,13-15,17H,5-8,11-12,16H2,1-4H3,(H,27,30)/t17-/m1/s1. The van der Waals surface area contributed by atoms with E-state index in [1.165, 1.54) is 6.07 Å². The maximum Gasteiger partial charge on any atom is 0.338 e. The number of nitrogens with one attached hydrogen (secondary N) is 1. The Labute approximate surface area is 200 Å². The number of hydrogen-bond acceptors (Lipinski definition) is 6. The van der Waals surface area contributed by atoms with Crippen LogP contribution < -0.4 is 10.2 Å². The molecule has 1 amide bonds. The summed E-state index contributed by atoms with van der Waals surface area (Å²) in [5.41, 5.74) is 4.53. The number of carbonyl (C=O) groups is 2. The van der Waals surface area contributed by atoms with Gasteiger partial charge in [-0.1, -0.05) is 24.6 Å². The molecule has 2 aromatic rings. The molecular formula is C26H33N3O5. The highest BCUT2D eigenvalue weighted by Gasteiger charge is 2.25. The lowest BCUT2D eigenvalue weighted by Gasteiger charge is -2.32. The number of nitro groups is 1. The van der Waals surface area contributed by atoms with Crippen LogP contribution >= 0.6 is 0 Å². The molecule has 8 nitrogen and oxygen atoms in total. The van der Waals surface area contributed by atoms with Crippen LogP contribution in [0.25, 0.3) is 0 Å². The fourth-order valence-corrected chi connectivity index (χ4v) is 4.53. The zero-order chi connectivity index (χ0) is 24.8. The normalized spacial score (nSPS) is 15.6. The lowest BCUT2D eigenvalue weighted by atomic mass is 9.99. The maximum atomic E-state index is 12.5. The molecule has 1 aliphatic rings. The van der Waals surface area contributed by atoms with Crippen molar-refractivity contribution in [1.29, 1.82) is 0 Å². The van der Waals surface area contributed by atoms with Gasteiger partial charge >= 0.3 is 5.97 Å². The first-order valence-electron chi connectivity index (χ1n) is 11.7. The summed E-state index contributed by atoms with van der Waals surface area (Å²) in [6.07, 6.45) is 2.65. The van der Waals surface area contributed by atoms with Crippen LogP contribution in [0, 0.1) is 36.8 Å². The van der Waals surface area contributed by atoms with Crippen molar-refractivity contribution in [3.8, 4) is 0 Å². The molecule has 0 radical (unpaired) electrons. The molecule has 1 fully saturated rings.